The smallest absolute Gasteiger partial charge is 0.211 e. The van der Waals surface area contributed by atoms with Gasteiger partial charge in [-0.15, -0.1) is 0 Å². The van der Waals surface area contributed by atoms with Gasteiger partial charge in [0.1, 0.15) is 0 Å². The third-order valence-electron chi connectivity index (χ3n) is 7.71. The number of aliphatic hydroxyl groups excluding tert-OH is 2. The Kier molecular flexibility index (Phi) is 23.2. The van der Waals surface area contributed by atoms with Gasteiger partial charge in [0.05, 0.1) is 0 Å². The Bertz CT molecular complexity index is 1090. The Hall–Kier alpha value is -2.07. The summed E-state index contributed by atoms with van der Waals surface area (Å²) in [6.07, 6.45) is 17.7. The van der Waals surface area contributed by atoms with Crippen LogP contribution in [0.25, 0.3) is 16.9 Å². The predicted octanol–water partition coefficient (Wildman–Crippen LogP) is 10.3. The van der Waals surface area contributed by atoms with Crippen LogP contribution in [-0.4, -0.2) is 29.1 Å². The van der Waals surface area contributed by atoms with Crippen molar-refractivity contribution in [3.63, 3.8) is 0 Å². The molecule has 42 heavy (non-hydrogen) atoms. The van der Waals surface area contributed by atoms with E-state index >= 15 is 0 Å². The molecule has 1 heterocycles. The molecule has 0 atom stereocenters. The van der Waals surface area contributed by atoms with E-state index in [2.05, 4.69) is 76.2 Å². The van der Waals surface area contributed by atoms with Gasteiger partial charge in [0.15, 0.2) is 0 Å². The van der Waals surface area contributed by atoms with E-state index in [1.54, 1.807) is 4.70 Å². The second-order valence-corrected chi connectivity index (χ2v) is 10.8. The van der Waals surface area contributed by atoms with Gasteiger partial charge in [0.2, 0.25) is 11.4 Å². The Morgan fingerprint density at radius 3 is 1.33 bits per heavy atom. The van der Waals surface area contributed by atoms with E-state index in [0.29, 0.717) is 0 Å². The monoisotopic (exact) mass is 620 g/mol. The number of rotatable bonds is 17. The van der Waals surface area contributed by atoms with Gasteiger partial charge in [-0.1, -0.05) is 96.9 Å². The van der Waals surface area contributed by atoms with Gasteiger partial charge in [0.25, 0.3) is 0 Å². The first kappa shape index (κ1) is 39.9. The summed E-state index contributed by atoms with van der Waals surface area (Å²) in [4.78, 5) is 0. The fraction of sp³-hybridized carbons (Fsp3) is 0.568. The van der Waals surface area contributed by atoms with Crippen LogP contribution in [-0.2, 0) is 29.3 Å². The van der Waals surface area contributed by atoms with Gasteiger partial charge in [-0.2, -0.15) is 0 Å². The topological polar surface area (TPSA) is 65.8 Å². The maximum atomic E-state index is 11.9. The summed E-state index contributed by atoms with van der Waals surface area (Å²) in [7, 11) is 2.00. The Balaban J connectivity index is 0.00000322. The second kappa shape index (κ2) is 24.4. The molecule has 2 aromatic carbocycles. The van der Waals surface area contributed by atoms with Crippen molar-refractivity contribution in [3.8, 4) is 0 Å². The molecule has 1 aliphatic heterocycles. The van der Waals surface area contributed by atoms with E-state index in [9.17, 15) is 5.53 Å². The maximum absolute atomic E-state index is 11.9. The first-order valence-electron chi connectivity index (χ1n) is 16.2. The number of benzene rings is 2. The number of unbranched alkanes of at least 4 members (excludes halogenated alkanes) is 7. The fourth-order valence-electron chi connectivity index (χ4n) is 5.55. The van der Waals surface area contributed by atoms with E-state index in [4.69, 9.17) is 10.2 Å². The van der Waals surface area contributed by atoms with Gasteiger partial charge in [-0.05, 0) is 86.8 Å². The molecule has 0 aromatic heterocycles. The van der Waals surface area contributed by atoms with Crippen molar-refractivity contribution in [2.45, 2.75) is 124 Å². The number of aryl methyl sites for hydroxylation is 2. The van der Waals surface area contributed by atoms with Crippen LogP contribution in [0, 0.1) is 0 Å². The van der Waals surface area contributed by atoms with Crippen LogP contribution in [0.3, 0.4) is 0 Å². The van der Waals surface area contributed by atoms with Gasteiger partial charge >= 0.3 is 0 Å². The molecule has 2 N–H and O–H groups in total. The van der Waals surface area contributed by atoms with Crippen LogP contribution in [0.1, 0.15) is 133 Å². The molecule has 0 saturated carbocycles. The first-order valence-corrected chi connectivity index (χ1v) is 16.2. The molecule has 4 nitrogen and oxygen atoms in total. The van der Waals surface area contributed by atoms with Gasteiger partial charge in [-0.25, -0.2) is 4.70 Å². The number of hydrogen-bond donors (Lipinski definition) is 2. The molecule has 0 amide bonds. The largest absolute Gasteiger partial charge is 0.493 e. The SMILES string of the molecule is CCCCCCCC1=C(c2cccc(CCCC)c2)[N+](=[N-])C(c2cccc(CCCC)c2)=C1CCCC.CO.CO.[Ni]. The van der Waals surface area contributed by atoms with Crippen LogP contribution < -0.4 is 0 Å². The third kappa shape index (κ3) is 12.3. The Morgan fingerprint density at radius 1 is 0.524 bits per heavy atom. The van der Waals surface area contributed by atoms with E-state index in [-0.39, 0.29) is 16.5 Å². The zero-order valence-electron chi connectivity index (χ0n) is 27.3. The molecular weight excluding hydrogens is 563 g/mol. The normalized spacial score (nSPS) is 12.4. The Labute approximate surface area is 267 Å². The molecule has 0 saturated heterocycles. The van der Waals surface area contributed by atoms with Crippen molar-refractivity contribution in [1.29, 1.82) is 0 Å². The fourth-order valence-corrected chi connectivity index (χ4v) is 5.55. The molecule has 238 valence electrons. The summed E-state index contributed by atoms with van der Waals surface area (Å²) < 4.78 is 1.56. The summed E-state index contributed by atoms with van der Waals surface area (Å²) in [6.45, 7) is 9.04. The summed E-state index contributed by atoms with van der Waals surface area (Å²) in [6, 6.07) is 17.9. The van der Waals surface area contributed by atoms with E-state index < -0.39 is 0 Å². The molecule has 0 spiro atoms. The van der Waals surface area contributed by atoms with Crippen LogP contribution in [0.5, 0.6) is 0 Å². The molecule has 1 aliphatic rings. The van der Waals surface area contributed by atoms with Crippen molar-refractivity contribution in [1.82, 2.24) is 0 Å². The standard InChI is InChI=1S/C35H50N2.2CH4O.Ni/c1-5-9-13-14-15-25-33-32(24-12-8-4)34(30-22-16-20-28(26-30)18-10-6-2)37(36)35(33)31-23-17-21-29(27-31)19-11-7-3;2*1-2;/h16-17,20-23,26-27H,5-15,18-19,24-25H2,1-4H3;2*2H,1H3;. The second-order valence-electron chi connectivity index (χ2n) is 10.8. The predicted molar refractivity (Wildman–Crippen MR) is 177 cm³/mol. The first-order chi connectivity index (χ1) is 20.1. The number of aliphatic hydroxyl groups is 2. The van der Waals surface area contributed by atoms with E-state index in [1.807, 2.05) is 0 Å². The van der Waals surface area contributed by atoms with Crippen LogP contribution in [0.15, 0.2) is 59.7 Å². The number of nitrogens with zero attached hydrogens (tertiary/aromatic N) is 2. The van der Waals surface area contributed by atoms with Gasteiger partial charge in [-0.3, -0.25) is 0 Å². The minimum Gasteiger partial charge on any atom is -0.493 e. The Morgan fingerprint density at radius 2 is 0.905 bits per heavy atom. The van der Waals surface area contributed by atoms with Gasteiger partial charge < -0.3 is 15.7 Å². The summed E-state index contributed by atoms with van der Waals surface area (Å²) in [5, 5.41) is 14.0. The molecular formula is C37H58N2NiO2. The molecule has 0 unspecified atom stereocenters. The van der Waals surface area contributed by atoms with Crippen LogP contribution in [0.2, 0.25) is 0 Å². The van der Waals surface area contributed by atoms with Gasteiger partial charge in [0, 0.05) is 53.0 Å². The molecule has 2 aromatic rings. The zero-order valence-corrected chi connectivity index (χ0v) is 28.3. The van der Waals surface area contributed by atoms with Crippen LogP contribution in [0.4, 0.5) is 0 Å². The van der Waals surface area contributed by atoms with E-state index in [0.717, 1.165) is 75.3 Å². The quantitative estimate of drug-likeness (QED) is 0.105. The van der Waals surface area contributed by atoms with Crippen LogP contribution >= 0.6 is 0 Å². The minimum absolute atomic E-state index is 0. The molecule has 0 fully saturated rings. The van der Waals surface area contributed by atoms with Crippen molar-refractivity contribution in [2.24, 2.45) is 0 Å². The summed E-state index contributed by atoms with van der Waals surface area (Å²) >= 11 is 0. The zero-order chi connectivity index (χ0) is 30.5. The maximum Gasteiger partial charge on any atom is 0.211 e. The number of hydrogen-bond acceptors (Lipinski definition) is 2. The minimum atomic E-state index is 0. The number of allylic oxidation sites excluding steroid dienone is 2. The third-order valence-corrected chi connectivity index (χ3v) is 7.71. The molecule has 0 aliphatic carbocycles. The van der Waals surface area contributed by atoms with Crippen molar-refractivity contribution >= 4 is 11.4 Å². The molecule has 0 bridgehead atoms. The molecule has 3 rings (SSSR count). The summed E-state index contributed by atoms with van der Waals surface area (Å²) in [5.41, 5.74) is 21.7. The molecule has 5 heteroatoms. The van der Waals surface area contributed by atoms with E-state index in [1.165, 1.54) is 80.1 Å². The average Bonchev–Trinajstić information content (AvgIpc) is 3.30. The van der Waals surface area contributed by atoms with Crippen molar-refractivity contribution in [2.75, 3.05) is 14.2 Å². The van der Waals surface area contributed by atoms with Crippen molar-refractivity contribution < 1.29 is 31.4 Å². The summed E-state index contributed by atoms with van der Waals surface area (Å²) in [5.74, 6) is 0. The molecule has 0 radical (unpaired) electrons. The average molecular weight is 622 g/mol. The van der Waals surface area contributed by atoms with Crippen molar-refractivity contribution in [3.05, 3.63) is 87.5 Å².